The third kappa shape index (κ3) is 1.88. The Morgan fingerprint density at radius 3 is 2.00 bits per heavy atom. The first kappa shape index (κ1) is 7.88. The summed E-state index contributed by atoms with van der Waals surface area (Å²) in [7, 11) is 1.01. The van der Waals surface area contributed by atoms with Crippen molar-refractivity contribution in [2.45, 2.75) is 4.90 Å². The highest BCUT2D eigenvalue weighted by Gasteiger charge is 1.97. The molecule has 1 aromatic rings. The molecular weight excluding hydrogens is 174 g/mol. The molecule has 0 aromatic heterocycles. The van der Waals surface area contributed by atoms with Crippen LogP contribution in [-0.4, -0.2) is 0 Å². The zero-order valence-corrected chi connectivity index (χ0v) is 6.55. The van der Waals surface area contributed by atoms with Crippen LogP contribution in [0.15, 0.2) is 23.1 Å². The molecule has 0 atom stereocenters. The van der Waals surface area contributed by atoms with Crippen LogP contribution in [0, 0.1) is 11.6 Å². The van der Waals surface area contributed by atoms with E-state index in [9.17, 15) is 8.78 Å². The second-order valence-corrected chi connectivity index (χ2v) is 2.90. The van der Waals surface area contributed by atoms with Crippen LogP contribution in [0.3, 0.4) is 0 Å². The first-order valence-corrected chi connectivity index (χ1v) is 4.37. The summed E-state index contributed by atoms with van der Waals surface area (Å²) in [5, 5.41) is 0. The van der Waals surface area contributed by atoms with Gasteiger partial charge in [-0.25, -0.2) is 8.78 Å². The molecule has 0 amide bonds. The first-order chi connectivity index (χ1) is 4.72. The summed E-state index contributed by atoms with van der Waals surface area (Å²) >= 11 is 3.79. The maximum atomic E-state index is 12.3. The van der Waals surface area contributed by atoms with E-state index in [1.165, 1.54) is 12.1 Å². The van der Waals surface area contributed by atoms with E-state index in [0.29, 0.717) is 4.90 Å². The van der Waals surface area contributed by atoms with Crippen molar-refractivity contribution in [3.8, 4) is 0 Å². The molecule has 0 fully saturated rings. The van der Waals surface area contributed by atoms with Crippen LogP contribution in [-0.2, 0) is 0 Å². The van der Waals surface area contributed by atoms with E-state index in [0.717, 1.165) is 16.9 Å². The second-order valence-electron chi connectivity index (χ2n) is 1.70. The van der Waals surface area contributed by atoms with Crippen LogP contribution >= 0.6 is 22.5 Å². The van der Waals surface area contributed by atoms with Gasteiger partial charge in [0.25, 0.3) is 0 Å². The molecule has 0 heterocycles. The molecular formula is C6H4F2S2. The average Bonchev–Trinajstić information content (AvgIpc) is 1.85. The minimum atomic E-state index is -0.573. The van der Waals surface area contributed by atoms with Crippen LogP contribution in [0.25, 0.3) is 0 Å². The molecule has 4 heteroatoms. The van der Waals surface area contributed by atoms with Gasteiger partial charge >= 0.3 is 0 Å². The molecule has 0 saturated carbocycles. The highest BCUT2D eigenvalue weighted by Crippen LogP contribution is 2.22. The quantitative estimate of drug-likeness (QED) is 0.509. The van der Waals surface area contributed by atoms with Gasteiger partial charge in [-0.3, -0.25) is 0 Å². The molecule has 0 aliphatic heterocycles. The average molecular weight is 178 g/mol. The van der Waals surface area contributed by atoms with E-state index < -0.39 is 11.6 Å². The maximum Gasteiger partial charge on any atom is 0.127 e. The Bertz CT molecular complexity index is 217. The van der Waals surface area contributed by atoms with Gasteiger partial charge in [0.1, 0.15) is 11.6 Å². The standard InChI is InChI=1S/C6H4F2S2/c7-4-1-5(8)3-6(2-4)10-9/h1-3,9H. The van der Waals surface area contributed by atoms with Crippen LogP contribution in [0.4, 0.5) is 8.78 Å². The smallest absolute Gasteiger partial charge is 0.127 e. The zero-order valence-electron chi connectivity index (χ0n) is 4.84. The van der Waals surface area contributed by atoms with E-state index in [-0.39, 0.29) is 0 Å². The third-order valence-electron chi connectivity index (χ3n) is 0.941. The normalized spacial score (nSPS) is 9.90. The molecule has 0 aliphatic carbocycles. The minimum absolute atomic E-state index is 0.473. The Labute approximate surface area is 66.4 Å². The van der Waals surface area contributed by atoms with E-state index in [1.807, 2.05) is 0 Å². The molecule has 1 rings (SSSR count). The van der Waals surface area contributed by atoms with Crippen molar-refractivity contribution < 1.29 is 8.78 Å². The molecule has 0 saturated heterocycles. The Morgan fingerprint density at radius 2 is 1.60 bits per heavy atom. The van der Waals surface area contributed by atoms with Crippen molar-refractivity contribution in [3.05, 3.63) is 29.8 Å². The Morgan fingerprint density at radius 1 is 1.10 bits per heavy atom. The molecule has 0 nitrogen and oxygen atoms in total. The number of hydrogen-bond donors (Lipinski definition) is 1. The van der Waals surface area contributed by atoms with Gasteiger partial charge in [-0.2, -0.15) is 0 Å². The number of benzene rings is 1. The summed E-state index contributed by atoms with van der Waals surface area (Å²) in [6.07, 6.45) is 0. The number of rotatable bonds is 1. The summed E-state index contributed by atoms with van der Waals surface area (Å²) in [5.41, 5.74) is 0. The van der Waals surface area contributed by atoms with Gasteiger partial charge in [-0.1, -0.05) is 10.8 Å². The molecule has 0 spiro atoms. The lowest BCUT2D eigenvalue weighted by atomic mass is 10.3. The first-order valence-electron chi connectivity index (χ1n) is 2.50. The van der Waals surface area contributed by atoms with Crippen LogP contribution in [0.5, 0.6) is 0 Å². The van der Waals surface area contributed by atoms with Crippen molar-refractivity contribution in [1.82, 2.24) is 0 Å². The second kappa shape index (κ2) is 3.25. The molecule has 10 heavy (non-hydrogen) atoms. The molecule has 54 valence electrons. The lowest BCUT2D eigenvalue weighted by Gasteiger charge is -1.94. The topological polar surface area (TPSA) is 0 Å². The number of thiol groups is 1. The van der Waals surface area contributed by atoms with E-state index >= 15 is 0 Å². The predicted molar refractivity (Wildman–Crippen MR) is 41.2 cm³/mol. The Kier molecular flexibility index (Phi) is 2.56. The number of halogens is 2. The Balaban J connectivity index is 3.06. The molecule has 0 bridgehead atoms. The van der Waals surface area contributed by atoms with Crippen molar-refractivity contribution in [2.75, 3.05) is 0 Å². The Hall–Kier alpha value is -0.220. The molecule has 0 N–H and O–H groups in total. The molecule has 0 radical (unpaired) electrons. The van der Waals surface area contributed by atoms with Crippen LogP contribution in [0.1, 0.15) is 0 Å². The van der Waals surface area contributed by atoms with Gasteiger partial charge < -0.3 is 0 Å². The summed E-state index contributed by atoms with van der Waals surface area (Å²) < 4.78 is 24.7. The summed E-state index contributed by atoms with van der Waals surface area (Å²) in [6, 6.07) is 3.27. The lowest BCUT2D eigenvalue weighted by Crippen LogP contribution is -1.78. The van der Waals surface area contributed by atoms with Gasteiger partial charge in [-0.05, 0) is 12.1 Å². The summed E-state index contributed by atoms with van der Waals surface area (Å²) in [6.45, 7) is 0. The van der Waals surface area contributed by atoms with E-state index in [2.05, 4.69) is 11.7 Å². The van der Waals surface area contributed by atoms with E-state index in [1.54, 1.807) is 0 Å². The van der Waals surface area contributed by atoms with Gasteiger partial charge in [0.2, 0.25) is 0 Å². The fourth-order valence-corrected chi connectivity index (χ4v) is 1.23. The SMILES string of the molecule is Fc1cc(F)cc(SS)c1. The summed E-state index contributed by atoms with van der Waals surface area (Å²) in [4.78, 5) is 0.473. The van der Waals surface area contributed by atoms with Gasteiger partial charge in [-0.15, -0.1) is 11.7 Å². The van der Waals surface area contributed by atoms with E-state index in [4.69, 9.17) is 0 Å². The summed E-state index contributed by atoms with van der Waals surface area (Å²) in [5.74, 6) is -1.15. The molecule has 0 unspecified atom stereocenters. The van der Waals surface area contributed by atoms with Crippen LogP contribution in [0.2, 0.25) is 0 Å². The molecule has 0 aliphatic rings. The third-order valence-corrected chi connectivity index (χ3v) is 2.02. The molecule has 1 aromatic carbocycles. The number of hydrogen-bond acceptors (Lipinski definition) is 2. The monoisotopic (exact) mass is 178 g/mol. The zero-order chi connectivity index (χ0) is 7.56. The highest BCUT2D eigenvalue weighted by atomic mass is 33.1. The van der Waals surface area contributed by atoms with Crippen LogP contribution < -0.4 is 0 Å². The van der Waals surface area contributed by atoms with Crippen molar-refractivity contribution >= 4 is 22.5 Å². The van der Waals surface area contributed by atoms with Crippen molar-refractivity contribution in [2.24, 2.45) is 0 Å². The van der Waals surface area contributed by atoms with Gasteiger partial charge in [0.05, 0.1) is 0 Å². The van der Waals surface area contributed by atoms with Gasteiger partial charge in [0.15, 0.2) is 0 Å². The fraction of sp³-hybridized carbons (Fsp3) is 0. The highest BCUT2D eigenvalue weighted by molar-refractivity contribution is 8.68. The van der Waals surface area contributed by atoms with Crippen molar-refractivity contribution in [3.63, 3.8) is 0 Å². The lowest BCUT2D eigenvalue weighted by molar-refractivity contribution is 0.577. The largest absolute Gasteiger partial charge is 0.207 e. The van der Waals surface area contributed by atoms with Crippen molar-refractivity contribution in [1.29, 1.82) is 0 Å². The van der Waals surface area contributed by atoms with Gasteiger partial charge in [0, 0.05) is 11.0 Å². The predicted octanol–water partition coefficient (Wildman–Crippen LogP) is 2.90. The maximum absolute atomic E-state index is 12.3. The fourth-order valence-electron chi connectivity index (χ4n) is 0.581. The minimum Gasteiger partial charge on any atom is -0.207 e.